The third kappa shape index (κ3) is 5.76. The summed E-state index contributed by atoms with van der Waals surface area (Å²) in [5.74, 6) is 1.05. The minimum Gasteiger partial charge on any atom is -0.492 e. The molecule has 168 valence electrons. The maximum absolute atomic E-state index is 11.5. The predicted molar refractivity (Wildman–Crippen MR) is 120 cm³/mol. The van der Waals surface area contributed by atoms with Crippen LogP contribution in [-0.2, 0) is 4.79 Å². The lowest BCUT2D eigenvalue weighted by molar-refractivity contribution is -0.130. The number of carbonyl (C=O) groups is 1. The van der Waals surface area contributed by atoms with Crippen LogP contribution in [0, 0.1) is 11.3 Å². The molecule has 0 N–H and O–H groups in total. The standard InChI is InChI=1S/C24H35N5O2/c1-20(30)28-13-11-26(12-14-28)9-2-10-27-18-22-5-6-23(19-27)29(22)15-16-31-24-7-3-21(17-25)4-8-24/h3-4,7-8,22-23H,2,5-6,9-16,18-19H2,1H3. The van der Waals surface area contributed by atoms with Gasteiger partial charge in [0.15, 0.2) is 0 Å². The summed E-state index contributed by atoms with van der Waals surface area (Å²) in [6.45, 7) is 11.8. The van der Waals surface area contributed by atoms with Crippen LogP contribution >= 0.6 is 0 Å². The number of carbonyl (C=O) groups excluding carboxylic acids is 1. The summed E-state index contributed by atoms with van der Waals surface area (Å²) in [5, 5.41) is 8.89. The first kappa shape index (κ1) is 22.1. The molecule has 1 aromatic rings. The molecule has 2 unspecified atom stereocenters. The highest BCUT2D eigenvalue weighted by molar-refractivity contribution is 5.73. The van der Waals surface area contributed by atoms with E-state index < -0.39 is 0 Å². The average Bonchev–Trinajstić information content (AvgIpc) is 3.02. The first-order valence-electron chi connectivity index (χ1n) is 11.7. The number of rotatable bonds is 8. The quantitative estimate of drug-likeness (QED) is 0.631. The first-order chi connectivity index (χ1) is 15.1. The Bertz CT molecular complexity index is 755. The lowest BCUT2D eigenvalue weighted by Gasteiger charge is -2.41. The molecule has 3 aliphatic rings. The SMILES string of the molecule is CC(=O)N1CCN(CCCN2CC3CCC(C2)N3CCOc2ccc(C#N)cc2)CC1. The second-order valence-corrected chi connectivity index (χ2v) is 9.07. The number of benzene rings is 1. The molecule has 0 aliphatic carbocycles. The van der Waals surface area contributed by atoms with Crippen LogP contribution in [0.15, 0.2) is 24.3 Å². The lowest BCUT2D eigenvalue weighted by atomic mass is 10.1. The Balaban J connectivity index is 1.14. The van der Waals surface area contributed by atoms with E-state index in [0.717, 1.165) is 45.0 Å². The topological polar surface area (TPSA) is 63.1 Å². The molecular formula is C24H35N5O2. The van der Waals surface area contributed by atoms with E-state index in [1.54, 1.807) is 19.1 Å². The van der Waals surface area contributed by atoms with Crippen molar-refractivity contribution in [3.8, 4) is 11.8 Å². The molecule has 3 saturated heterocycles. The van der Waals surface area contributed by atoms with Gasteiger partial charge in [-0.3, -0.25) is 14.6 Å². The van der Waals surface area contributed by atoms with Gasteiger partial charge < -0.3 is 14.5 Å². The molecule has 3 aliphatic heterocycles. The third-order valence-corrected chi connectivity index (χ3v) is 7.08. The molecule has 0 aromatic heterocycles. The number of amides is 1. The molecule has 0 saturated carbocycles. The summed E-state index contributed by atoms with van der Waals surface area (Å²) in [6.07, 6.45) is 3.80. The molecule has 4 rings (SSSR count). The van der Waals surface area contributed by atoms with E-state index in [9.17, 15) is 4.79 Å². The van der Waals surface area contributed by atoms with E-state index in [0.29, 0.717) is 24.3 Å². The van der Waals surface area contributed by atoms with Crippen LogP contribution in [0.3, 0.4) is 0 Å². The van der Waals surface area contributed by atoms with Gasteiger partial charge in [-0.25, -0.2) is 0 Å². The molecule has 3 heterocycles. The molecule has 3 fully saturated rings. The molecule has 0 spiro atoms. The van der Waals surface area contributed by atoms with Gasteiger partial charge in [-0.1, -0.05) is 0 Å². The Labute approximate surface area is 186 Å². The summed E-state index contributed by atoms with van der Waals surface area (Å²) < 4.78 is 5.92. The largest absolute Gasteiger partial charge is 0.492 e. The number of hydrogen-bond acceptors (Lipinski definition) is 6. The number of likely N-dealkylation sites (tertiary alicyclic amines) is 1. The van der Waals surface area contributed by atoms with Crippen molar-refractivity contribution in [3.63, 3.8) is 0 Å². The number of hydrogen-bond donors (Lipinski definition) is 0. The van der Waals surface area contributed by atoms with Crippen LogP contribution in [0.2, 0.25) is 0 Å². The number of ether oxygens (including phenoxy) is 1. The van der Waals surface area contributed by atoms with E-state index >= 15 is 0 Å². The Hall–Kier alpha value is -2.14. The Morgan fingerprint density at radius 2 is 1.65 bits per heavy atom. The summed E-state index contributed by atoms with van der Waals surface area (Å²) in [6, 6.07) is 10.8. The zero-order chi connectivity index (χ0) is 21.6. The maximum Gasteiger partial charge on any atom is 0.219 e. The number of nitrogens with zero attached hydrogens (tertiary/aromatic N) is 5. The number of fused-ring (bicyclic) bond motifs is 2. The molecule has 1 aromatic carbocycles. The van der Waals surface area contributed by atoms with Crippen molar-refractivity contribution in [2.24, 2.45) is 0 Å². The molecule has 7 heteroatoms. The first-order valence-corrected chi connectivity index (χ1v) is 11.7. The van der Waals surface area contributed by atoms with Crippen molar-refractivity contribution in [1.29, 1.82) is 5.26 Å². The van der Waals surface area contributed by atoms with E-state index in [2.05, 4.69) is 20.8 Å². The maximum atomic E-state index is 11.5. The summed E-state index contributed by atoms with van der Waals surface area (Å²) in [7, 11) is 0. The zero-order valence-electron chi connectivity index (χ0n) is 18.7. The van der Waals surface area contributed by atoms with Crippen LogP contribution in [0.25, 0.3) is 0 Å². The Morgan fingerprint density at radius 3 is 2.26 bits per heavy atom. The minimum atomic E-state index is 0.204. The second kappa shape index (κ2) is 10.4. The van der Waals surface area contributed by atoms with Crippen molar-refractivity contribution in [2.45, 2.75) is 38.3 Å². The summed E-state index contributed by atoms with van der Waals surface area (Å²) in [5.41, 5.74) is 0.667. The minimum absolute atomic E-state index is 0.204. The number of piperazine rings is 2. The van der Waals surface area contributed by atoms with Crippen molar-refractivity contribution in [2.75, 3.05) is 65.5 Å². The molecule has 2 bridgehead atoms. The van der Waals surface area contributed by atoms with Gasteiger partial charge in [0.1, 0.15) is 12.4 Å². The van der Waals surface area contributed by atoms with Gasteiger partial charge >= 0.3 is 0 Å². The lowest BCUT2D eigenvalue weighted by Crippen LogP contribution is -2.55. The highest BCUT2D eigenvalue weighted by Gasteiger charge is 2.39. The molecule has 1 amide bonds. The fourth-order valence-electron chi connectivity index (χ4n) is 5.32. The van der Waals surface area contributed by atoms with Gasteiger partial charge in [-0.05, 0) is 56.6 Å². The van der Waals surface area contributed by atoms with Gasteiger partial charge in [0, 0.05) is 64.8 Å². The molecule has 7 nitrogen and oxygen atoms in total. The van der Waals surface area contributed by atoms with Crippen LogP contribution in [0.1, 0.15) is 31.7 Å². The van der Waals surface area contributed by atoms with Crippen molar-refractivity contribution < 1.29 is 9.53 Å². The molecule has 0 radical (unpaired) electrons. The van der Waals surface area contributed by atoms with E-state index in [4.69, 9.17) is 10.00 Å². The normalized spacial score (nSPS) is 24.8. The zero-order valence-corrected chi connectivity index (χ0v) is 18.7. The van der Waals surface area contributed by atoms with Gasteiger partial charge in [0.2, 0.25) is 5.91 Å². The Morgan fingerprint density at radius 1 is 1.00 bits per heavy atom. The predicted octanol–water partition coefficient (Wildman–Crippen LogP) is 1.64. The van der Waals surface area contributed by atoms with Gasteiger partial charge in [0.05, 0.1) is 11.6 Å². The third-order valence-electron chi connectivity index (χ3n) is 7.08. The van der Waals surface area contributed by atoms with Crippen molar-refractivity contribution in [3.05, 3.63) is 29.8 Å². The van der Waals surface area contributed by atoms with Crippen LogP contribution < -0.4 is 4.74 Å². The Kier molecular flexibility index (Phi) is 7.44. The van der Waals surface area contributed by atoms with E-state index in [-0.39, 0.29) is 5.91 Å². The van der Waals surface area contributed by atoms with E-state index in [1.165, 1.54) is 38.9 Å². The highest BCUT2D eigenvalue weighted by atomic mass is 16.5. The van der Waals surface area contributed by atoms with Gasteiger partial charge in [-0.2, -0.15) is 5.26 Å². The fourth-order valence-corrected chi connectivity index (χ4v) is 5.32. The molecular weight excluding hydrogens is 390 g/mol. The smallest absolute Gasteiger partial charge is 0.219 e. The van der Waals surface area contributed by atoms with Crippen LogP contribution in [0.5, 0.6) is 5.75 Å². The fraction of sp³-hybridized carbons (Fsp3) is 0.667. The second-order valence-electron chi connectivity index (χ2n) is 9.07. The molecule has 31 heavy (non-hydrogen) atoms. The highest BCUT2D eigenvalue weighted by Crippen LogP contribution is 2.30. The van der Waals surface area contributed by atoms with Gasteiger partial charge in [0.25, 0.3) is 0 Å². The van der Waals surface area contributed by atoms with E-state index in [1.807, 2.05) is 17.0 Å². The van der Waals surface area contributed by atoms with Crippen molar-refractivity contribution in [1.82, 2.24) is 19.6 Å². The monoisotopic (exact) mass is 425 g/mol. The van der Waals surface area contributed by atoms with Gasteiger partial charge in [-0.15, -0.1) is 0 Å². The summed E-state index contributed by atoms with van der Waals surface area (Å²) >= 11 is 0. The molecule has 2 atom stereocenters. The average molecular weight is 426 g/mol. The van der Waals surface area contributed by atoms with Crippen LogP contribution in [0.4, 0.5) is 0 Å². The number of nitriles is 1. The van der Waals surface area contributed by atoms with Crippen LogP contribution in [-0.4, -0.2) is 103 Å². The summed E-state index contributed by atoms with van der Waals surface area (Å²) in [4.78, 5) is 21.2. The van der Waals surface area contributed by atoms with Crippen molar-refractivity contribution >= 4 is 5.91 Å².